The Morgan fingerprint density at radius 1 is 1.00 bits per heavy atom. The highest BCUT2D eigenvalue weighted by Crippen LogP contribution is 2.27. The van der Waals surface area contributed by atoms with Gasteiger partial charge in [0.25, 0.3) is 0 Å². The maximum Gasteiger partial charge on any atom is 0.228 e. The number of anilines is 1. The van der Waals surface area contributed by atoms with Crippen LogP contribution in [0.15, 0.2) is 60.0 Å². The van der Waals surface area contributed by atoms with E-state index in [0.29, 0.717) is 11.0 Å². The Bertz CT molecular complexity index is 965. The molecule has 1 heterocycles. The second kappa shape index (κ2) is 9.47. The van der Waals surface area contributed by atoms with Crippen LogP contribution in [0.25, 0.3) is 11.3 Å². The lowest BCUT2D eigenvalue weighted by Crippen LogP contribution is -2.29. The van der Waals surface area contributed by atoms with Crippen molar-refractivity contribution in [3.05, 3.63) is 71.1 Å². The molecule has 0 saturated carbocycles. The third kappa shape index (κ3) is 5.74. The number of benzene rings is 2. The number of carbonyl (C=O) groups is 2. The van der Waals surface area contributed by atoms with Gasteiger partial charge in [0.2, 0.25) is 11.8 Å². The topological polar surface area (TPSA) is 71.1 Å². The number of nitrogens with zero attached hydrogens (tertiary/aromatic N) is 1. The van der Waals surface area contributed by atoms with Crippen LogP contribution in [-0.4, -0.2) is 16.8 Å². The van der Waals surface area contributed by atoms with Gasteiger partial charge in [-0.15, -0.1) is 11.3 Å². The van der Waals surface area contributed by atoms with Crippen molar-refractivity contribution < 1.29 is 9.59 Å². The average molecular weight is 408 g/mol. The van der Waals surface area contributed by atoms with Crippen molar-refractivity contribution in [2.75, 3.05) is 5.32 Å². The quantitative estimate of drug-likeness (QED) is 0.570. The molecule has 0 aliphatic rings. The van der Waals surface area contributed by atoms with Gasteiger partial charge in [-0.2, -0.15) is 0 Å². The van der Waals surface area contributed by atoms with Gasteiger partial charge >= 0.3 is 0 Å². The largest absolute Gasteiger partial charge is 0.349 e. The van der Waals surface area contributed by atoms with Crippen molar-refractivity contribution in [2.24, 2.45) is 0 Å². The zero-order chi connectivity index (χ0) is 20.8. The Kier molecular flexibility index (Phi) is 6.77. The number of amides is 2. The molecule has 6 heteroatoms. The third-order valence-electron chi connectivity index (χ3n) is 4.59. The molecule has 0 aliphatic carbocycles. The van der Waals surface area contributed by atoms with Gasteiger partial charge in [0.1, 0.15) is 0 Å². The van der Waals surface area contributed by atoms with Crippen LogP contribution in [-0.2, 0) is 9.59 Å². The molecule has 0 saturated heterocycles. The Balaban J connectivity index is 1.66. The minimum Gasteiger partial charge on any atom is -0.349 e. The molecule has 0 aliphatic heterocycles. The smallest absolute Gasteiger partial charge is 0.228 e. The number of hydrogen-bond donors (Lipinski definition) is 2. The van der Waals surface area contributed by atoms with Gasteiger partial charge in [0, 0.05) is 17.9 Å². The SMILES string of the molecule is CC(=O)NC(CC(=O)Nc1nc(-c2ccc(C(C)C)cc2)cs1)c1ccccc1. The number of aromatic nitrogens is 1. The van der Waals surface area contributed by atoms with Crippen LogP contribution < -0.4 is 10.6 Å². The first-order valence-electron chi connectivity index (χ1n) is 9.60. The first-order valence-corrected chi connectivity index (χ1v) is 10.5. The van der Waals surface area contributed by atoms with E-state index in [4.69, 9.17) is 0 Å². The third-order valence-corrected chi connectivity index (χ3v) is 5.35. The molecule has 0 spiro atoms. The fourth-order valence-electron chi connectivity index (χ4n) is 3.04. The van der Waals surface area contributed by atoms with Gasteiger partial charge in [-0.25, -0.2) is 4.98 Å². The summed E-state index contributed by atoms with van der Waals surface area (Å²) >= 11 is 1.39. The summed E-state index contributed by atoms with van der Waals surface area (Å²) in [6, 6.07) is 17.4. The predicted octanol–water partition coefficient (Wildman–Crippen LogP) is 5.14. The van der Waals surface area contributed by atoms with Crippen molar-refractivity contribution in [2.45, 2.75) is 39.2 Å². The van der Waals surface area contributed by atoms with Crippen LogP contribution >= 0.6 is 11.3 Å². The van der Waals surface area contributed by atoms with E-state index >= 15 is 0 Å². The number of rotatable bonds is 7. The lowest BCUT2D eigenvalue weighted by Gasteiger charge is -2.17. The van der Waals surface area contributed by atoms with Crippen LogP contribution in [0.1, 0.15) is 50.3 Å². The van der Waals surface area contributed by atoms with Gasteiger partial charge in [0.05, 0.1) is 18.2 Å². The number of carbonyl (C=O) groups excluding carboxylic acids is 2. The van der Waals surface area contributed by atoms with Gasteiger partial charge in [0.15, 0.2) is 5.13 Å². The molecular formula is C23H25N3O2S. The standard InChI is InChI=1S/C23H25N3O2S/c1-15(2)17-9-11-19(12-10-17)21-14-29-23(25-21)26-22(28)13-20(24-16(3)27)18-7-5-4-6-8-18/h4-12,14-15,20H,13H2,1-3H3,(H,24,27)(H,25,26,28). The number of nitrogens with one attached hydrogen (secondary N) is 2. The zero-order valence-corrected chi connectivity index (χ0v) is 17.6. The van der Waals surface area contributed by atoms with E-state index in [0.717, 1.165) is 16.8 Å². The van der Waals surface area contributed by atoms with E-state index in [1.54, 1.807) is 0 Å². The Morgan fingerprint density at radius 2 is 1.69 bits per heavy atom. The van der Waals surface area contributed by atoms with Crippen molar-refractivity contribution >= 4 is 28.3 Å². The Hall–Kier alpha value is -2.99. The van der Waals surface area contributed by atoms with E-state index < -0.39 is 0 Å². The van der Waals surface area contributed by atoms with E-state index in [9.17, 15) is 9.59 Å². The summed E-state index contributed by atoms with van der Waals surface area (Å²) in [5, 5.41) is 8.18. The first-order chi connectivity index (χ1) is 13.9. The molecule has 1 unspecified atom stereocenters. The monoisotopic (exact) mass is 407 g/mol. The van der Waals surface area contributed by atoms with Crippen LogP contribution in [0.3, 0.4) is 0 Å². The Morgan fingerprint density at radius 3 is 2.31 bits per heavy atom. The summed E-state index contributed by atoms with van der Waals surface area (Å²) in [6.45, 7) is 5.77. The molecule has 5 nitrogen and oxygen atoms in total. The van der Waals surface area contributed by atoms with E-state index in [1.165, 1.54) is 23.8 Å². The lowest BCUT2D eigenvalue weighted by molar-refractivity contribution is -0.120. The normalized spacial score (nSPS) is 11.9. The molecule has 2 amide bonds. The molecule has 3 rings (SSSR count). The molecule has 3 aromatic rings. The molecule has 0 bridgehead atoms. The summed E-state index contributed by atoms with van der Waals surface area (Å²) in [4.78, 5) is 28.6. The van der Waals surface area contributed by atoms with E-state index in [1.807, 2.05) is 35.7 Å². The van der Waals surface area contributed by atoms with E-state index in [2.05, 4.69) is 53.7 Å². The molecule has 2 N–H and O–H groups in total. The summed E-state index contributed by atoms with van der Waals surface area (Å²) in [5.74, 6) is 0.118. The number of thiazole rings is 1. The van der Waals surface area contributed by atoms with Crippen LogP contribution in [0, 0.1) is 0 Å². The molecule has 1 aromatic heterocycles. The fourth-order valence-corrected chi connectivity index (χ4v) is 3.78. The molecule has 150 valence electrons. The van der Waals surface area contributed by atoms with E-state index in [-0.39, 0.29) is 24.3 Å². The molecule has 0 radical (unpaired) electrons. The second-order valence-electron chi connectivity index (χ2n) is 7.23. The average Bonchev–Trinajstić information content (AvgIpc) is 3.16. The van der Waals surface area contributed by atoms with Gasteiger partial charge in [-0.1, -0.05) is 68.4 Å². The Labute approximate surface area is 175 Å². The number of hydrogen-bond acceptors (Lipinski definition) is 4. The summed E-state index contributed by atoms with van der Waals surface area (Å²) in [5.41, 5.74) is 4.03. The maximum atomic E-state index is 12.5. The molecule has 0 fully saturated rings. The van der Waals surface area contributed by atoms with Crippen molar-refractivity contribution in [1.29, 1.82) is 0 Å². The van der Waals surface area contributed by atoms with Crippen molar-refractivity contribution in [1.82, 2.24) is 10.3 Å². The first kappa shape index (κ1) is 20.7. The molecule has 1 atom stereocenters. The minimum absolute atomic E-state index is 0.140. The van der Waals surface area contributed by atoms with Crippen LogP contribution in [0.5, 0.6) is 0 Å². The molecular weight excluding hydrogens is 382 g/mol. The van der Waals surface area contributed by atoms with Crippen molar-refractivity contribution in [3.8, 4) is 11.3 Å². The lowest BCUT2D eigenvalue weighted by atomic mass is 10.0. The minimum atomic E-state index is -0.378. The fraction of sp³-hybridized carbons (Fsp3) is 0.261. The van der Waals surface area contributed by atoms with Gasteiger partial charge < -0.3 is 10.6 Å². The predicted molar refractivity (Wildman–Crippen MR) is 118 cm³/mol. The van der Waals surface area contributed by atoms with Crippen LogP contribution in [0.4, 0.5) is 5.13 Å². The van der Waals surface area contributed by atoms with Crippen LogP contribution in [0.2, 0.25) is 0 Å². The summed E-state index contributed by atoms with van der Waals surface area (Å²) in [7, 11) is 0. The maximum absolute atomic E-state index is 12.5. The highest BCUT2D eigenvalue weighted by Gasteiger charge is 2.18. The second-order valence-corrected chi connectivity index (χ2v) is 8.09. The summed E-state index contributed by atoms with van der Waals surface area (Å²) in [6.07, 6.45) is 0.140. The zero-order valence-electron chi connectivity index (χ0n) is 16.8. The van der Waals surface area contributed by atoms with Gasteiger partial charge in [-0.3, -0.25) is 9.59 Å². The molecule has 2 aromatic carbocycles. The highest BCUT2D eigenvalue weighted by molar-refractivity contribution is 7.14. The summed E-state index contributed by atoms with van der Waals surface area (Å²) < 4.78 is 0. The molecule has 29 heavy (non-hydrogen) atoms. The van der Waals surface area contributed by atoms with Gasteiger partial charge in [-0.05, 0) is 17.0 Å². The highest BCUT2D eigenvalue weighted by atomic mass is 32.1. The van der Waals surface area contributed by atoms with Crippen molar-refractivity contribution in [3.63, 3.8) is 0 Å².